The number of hydrogen-bond donors (Lipinski definition) is 0. The Morgan fingerprint density at radius 1 is 1.20 bits per heavy atom. The molecule has 0 fully saturated rings. The molecule has 5 heavy (non-hydrogen) atoms. The molecule has 5 heteroatoms. The Balaban J connectivity index is -0.00000000167. The van der Waals surface area contributed by atoms with Crippen molar-refractivity contribution in [1.29, 1.82) is 0 Å². The first-order valence-electron chi connectivity index (χ1n) is 0.289. The summed E-state index contributed by atoms with van der Waals surface area (Å²) < 4.78 is 8.00. The first kappa shape index (κ1) is 37.8. The van der Waals surface area contributed by atoms with Gasteiger partial charge in [-0.2, -0.15) is 0 Å². The third-order valence-corrected chi connectivity index (χ3v) is 0. The number of hydrogen-bond acceptors (Lipinski definition) is 1. The van der Waals surface area contributed by atoms with Crippen LogP contribution in [0.1, 0.15) is 0 Å². The summed E-state index contributed by atoms with van der Waals surface area (Å²) in [6.07, 6.45) is 0. The second-order valence-electron chi connectivity index (χ2n) is 0. The van der Waals surface area contributed by atoms with Crippen LogP contribution >= 0.6 is 0 Å². The fourth-order valence-corrected chi connectivity index (χ4v) is 0. The molecule has 0 aromatic heterocycles. The van der Waals surface area contributed by atoms with Crippen LogP contribution in [-0.4, -0.2) is 30.6 Å². The minimum Gasteiger partial charge on any atom is -0.412 e. The predicted molar refractivity (Wildman–Crippen MR) is 17.2 cm³/mol. The average molecular weight is 138 g/mol. The normalized spacial score (nSPS) is 0.600. The molecule has 2 nitrogen and oxygen atoms in total. The Bertz CT molecular complexity index is 9.61. The van der Waals surface area contributed by atoms with Crippen molar-refractivity contribution in [3.8, 4) is 0 Å². The van der Waals surface area contributed by atoms with Gasteiger partial charge in [0.1, 0.15) is 0 Å². The maximum atomic E-state index is 8.00. The summed E-state index contributed by atoms with van der Waals surface area (Å²) in [4.78, 5) is 0. The molecule has 0 aliphatic carbocycles. The first-order chi connectivity index (χ1) is 1.00. The molecule has 0 unspecified atom stereocenters. The van der Waals surface area contributed by atoms with Crippen molar-refractivity contribution >= 4 is 25.1 Å². The minimum atomic E-state index is 0. The Morgan fingerprint density at radius 2 is 1.20 bits per heavy atom. The van der Waals surface area contributed by atoms with Crippen molar-refractivity contribution in [3.05, 3.63) is 0 Å². The summed E-state index contributed by atoms with van der Waals surface area (Å²) in [6.45, 7) is 0. The Morgan fingerprint density at radius 3 is 1.20 bits per heavy atom. The van der Waals surface area contributed by atoms with E-state index in [1.165, 1.54) is 0 Å². The summed E-state index contributed by atoms with van der Waals surface area (Å²) in [6, 6.07) is 0. The van der Waals surface area contributed by atoms with Gasteiger partial charge >= 0.3 is 12.4 Å². The van der Waals surface area contributed by atoms with E-state index in [4.69, 9.17) is 4.70 Å². The van der Waals surface area contributed by atoms with E-state index in [1.54, 1.807) is 0 Å². The molecule has 0 rings (SSSR count). The molecule has 23 valence electrons. The van der Waals surface area contributed by atoms with E-state index in [-0.39, 0.29) is 42.3 Å². The molecule has 0 aliphatic heterocycles. The number of rotatable bonds is 0. The van der Waals surface area contributed by atoms with Gasteiger partial charge in [0.25, 0.3) is 0 Å². The van der Waals surface area contributed by atoms with Gasteiger partial charge in [-0.1, -0.05) is 0 Å². The Hall–Kier alpha value is 0.981. The first-order valence-corrected chi connectivity index (χ1v) is 0.289. The molecule has 0 aliphatic rings. The minimum absolute atomic E-state index is 0. The van der Waals surface area contributed by atoms with Crippen LogP contribution in [-0.2, 0) is 24.2 Å². The van der Waals surface area contributed by atoms with Gasteiger partial charge < -0.3 is 5.48 Å². The van der Waals surface area contributed by atoms with Gasteiger partial charge in [-0.05, 0) is 0 Å². The summed E-state index contributed by atoms with van der Waals surface area (Å²) in [5, 5.41) is 0. The van der Waals surface area contributed by atoms with Gasteiger partial charge in [-0.25, -0.2) is 0 Å². The van der Waals surface area contributed by atoms with E-state index in [2.05, 4.69) is 0 Å². The SMILES string of the molecule is B=O.O.[Al].[Zn]. The van der Waals surface area contributed by atoms with Gasteiger partial charge in [0, 0.05) is 36.8 Å². The summed E-state index contributed by atoms with van der Waals surface area (Å²) in [5.41, 5.74) is 0. The molecule has 0 aromatic carbocycles. The van der Waals surface area contributed by atoms with E-state index in [1.807, 2.05) is 7.72 Å². The van der Waals surface area contributed by atoms with Crippen molar-refractivity contribution in [1.82, 2.24) is 0 Å². The second kappa shape index (κ2) is 82.1. The van der Waals surface area contributed by atoms with Crippen LogP contribution in [0.15, 0.2) is 0 Å². The van der Waals surface area contributed by atoms with Crippen LogP contribution in [0.2, 0.25) is 0 Å². The quantitative estimate of drug-likeness (QED) is 0.358. The van der Waals surface area contributed by atoms with Crippen molar-refractivity contribution in [2.45, 2.75) is 0 Å². The monoisotopic (exact) mass is 137 g/mol. The largest absolute Gasteiger partial charge is 0.412 e. The van der Waals surface area contributed by atoms with Gasteiger partial charge in [-0.3, -0.25) is 0 Å². The van der Waals surface area contributed by atoms with Crippen LogP contribution < -0.4 is 0 Å². The van der Waals surface area contributed by atoms with Crippen LogP contribution in [0.25, 0.3) is 0 Å². The van der Waals surface area contributed by atoms with Crippen molar-refractivity contribution in [3.63, 3.8) is 0 Å². The molecule has 0 saturated carbocycles. The molecule has 0 heterocycles. The van der Waals surface area contributed by atoms with Crippen molar-refractivity contribution < 1.29 is 29.7 Å². The molecule has 0 aromatic rings. The van der Waals surface area contributed by atoms with Gasteiger partial charge in [0.15, 0.2) is 0 Å². The van der Waals surface area contributed by atoms with E-state index < -0.39 is 0 Å². The summed E-state index contributed by atoms with van der Waals surface area (Å²) in [7, 11) is 2.00. The van der Waals surface area contributed by atoms with Crippen LogP contribution in [0, 0.1) is 0 Å². The maximum absolute atomic E-state index is 8.00. The zero-order valence-electron chi connectivity index (χ0n) is 2.90. The predicted octanol–water partition coefficient (Wildman–Crippen LogP) is -1.98. The van der Waals surface area contributed by atoms with Gasteiger partial charge in [0.05, 0.1) is 0 Å². The van der Waals surface area contributed by atoms with Crippen LogP contribution in [0.4, 0.5) is 0 Å². The standard InChI is InChI=1S/Al.BHO.H2O.Zn/c;1-2;;/h;1H;1H2;. The van der Waals surface area contributed by atoms with E-state index in [9.17, 15) is 0 Å². The molecule has 0 amide bonds. The fourth-order valence-electron chi connectivity index (χ4n) is 0. The van der Waals surface area contributed by atoms with Crippen molar-refractivity contribution in [2.24, 2.45) is 0 Å². The molecule has 0 atom stereocenters. The third-order valence-electron chi connectivity index (χ3n) is 0. The molecule has 3 radical (unpaired) electrons. The van der Waals surface area contributed by atoms with Gasteiger partial charge in [-0.15, -0.1) is 0 Å². The van der Waals surface area contributed by atoms with E-state index >= 15 is 0 Å². The topological polar surface area (TPSA) is 48.6 Å². The Labute approximate surface area is 54.9 Å². The molecular formula is H3AlBO2Zn. The second-order valence-corrected chi connectivity index (χ2v) is 0. The molecule has 2 N–H and O–H groups in total. The van der Waals surface area contributed by atoms with Crippen LogP contribution in [0.5, 0.6) is 0 Å². The smallest absolute Gasteiger partial charge is 0 e. The fraction of sp³-hybridized carbons (Fsp3) is 0. The summed E-state index contributed by atoms with van der Waals surface area (Å²) >= 11 is 0. The zero-order valence-corrected chi connectivity index (χ0v) is 7.02. The third kappa shape index (κ3) is 46.0. The average Bonchev–Trinajstić information content (AvgIpc) is 1.00. The molecule has 0 bridgehead atoms. The van der Waals surface area contributed by atoms with Crippen molar-refractivity contribution in [2.75, 3.05) is 0 Å². The molecule has 0 saturated heterocycles. The zero-order chi connectivity index (χ0) is 2.00. The molecule has 0 spiro atoms. The Kier molecular flexibility index (Phi) is 621. The molecular weight excluding hydrogens is 135 g/mol. The summed E-state index contributed by atoms with van der Waals surface area (Å²) in [5.74, 6) is 0. The van der Waals surface area contributed by atoms with E-state index in [0.717, 1.165) is 0 Å². The van der Waals surface area contributed by atoms with E-state index in [0.29, 0.717) is 0 Å². The van der Waals surface area contributed by atoms with Crippen LogP contribution in [0.3, 0.4) is 0 Å². The van der Waals surface area contributed by atoms with Gasteiger partial charge in [0.2, 0.25) is 0 Å². The maximum Gasteiger partial charge on any atom is 0 e.